The molecule has 0 aromatic carbocycles. The Morgan fingerprint density at radius 1 is 1.80 bits per heavy atom. The summed E-state index contributed by atoms with van der Waals surface area (Å²) in [6.45, 7) is 1.19. The van der Waals surface area contributed by atoms with E-state index in [1.54, 1.807) is 0 Å². The summed E-state index contributed by atoms with van der Waals surface area (Å²) in [5, 5.41) is 0. The van der Waals surface area contributed by atoms with E-state index in [0.29, 0.717) is 0 Å². The summed E-state index contributed by atoms with van der Waals surface area (Å²) in [5.41, 5.74) is 5.94. The molecule has 3 heteroatoms. The smallest absolute Gasteiger partial charge is 0.668 e. The fraction of sp³-hybridized carbons (Fsp3) is 0.500. The van der Waals surface area contributed by atoms with Crippen LogP contribution in [0.25, 0.3) is 5.73 Å². The molecule has 0 saturated carbocycles. The number of amides is 1. The minimum Gasteiger partial charge on any atom is -0.668 e. The third-order valence-electron chi connectivity index (χ3n) is 0. The van der Waals surface area contributed by atoms with E-state index in [1.807, 2.05) is 0 Å². The second-order valence-corrected chi connectivity index (χ2v) is 0.556. The molecule has 0 radical (unpaired) electrons. The monoisotopic (exact) mass is 97.0 g/mol. The van der Waals surface area contributed by atoms with Gasteiger partial charge in [0.15, 0.2) is 0 Å². The van der Waals surface area contributed by atoms with E-state index in [-0.39, 0.29) is 51.4 Å². The Labute approximate surface area is 73.5 Å². The van der Waals surface area contributed by atoms with Crippen LogP contribution in [0.4, 0.5) is 0 Å². The Kier molecular flexibility index (Phi) is 9.64. The van der Waals surface area contributed by atoms with E-state index in [9.17, 15) is 0 Å². The second-order valence-electron chi connectivity index (χ2n) is 0.556. The van der Waals surface area contributed by atoms with Gasteiger partial charge in [-0.25, -0.2) is 0 Å². The van der Waals surface area contributed by atoms with Gasteiger partial charge < -0.3 is 10.5 Å². The van der Waals surface area contributed by atoms with Crippen molar-refractivity contribution < 1.29 is 56.2 Å². The van der Waals surface area contributed by atoms with Gasteiger partial charge in [-0.1, -0.05) is 0 Å². The van der Waals surface area contributed by atoms with Gasteiger partial charge in [-0.2, -0.15) is 0 Å². The summed E-state index contributed by atoms with van der Waals surface area (Å²) < 4.78 is 0. The SMILES string of the molecule is CC([NH-])=O.[K+]. The van der Waals surface area contributed by atoms with E-state index in [1.165, 1.54) is 6.92 Å². The average Bonchev–Trinajstić information content (AvgIpc) is 0.811. The molecule has 0 spiro atoms. The average molecular weight is 97.2 g/mol. The van der Waals surface area contributed by atoms with Crippen molar-refractivity contribution >= 4 is 5.91 Å². The standard InChI is InChI=1S/C2H5NO.K/c1-2(3)4;/h1H3,(H2,3,4);/q;+1/p-1. The van der Waals surface area contributed by atoms with Crippen LogP contribution in [0.5, 0.6) is 0 Å². The Bertz CT molecular complexity index is 32.6. The first-order chi connectivity index (χ1) is 1.73. The molecule has 5 heavy (non-hydrogen) atoms. The Hall–Kier alpha value is 1.11. The van der Waals surface area contributed by atoms with Crippen LogP contribution in [-0.4, -0.2) is 5.91 Å². The van der Waals surface area contributed by atoms with Crippen molar-refractivity contribution in [3.8, 4) is 0 Å². The van der Waals surface area contributed by atoms with E-state index in [0.717, 1.165) is 0 Å². The largest absolute Gasteiger partial charge is 1.00 e. The van der Waals surface area contributed by atoms with Crippen LogP contribution in [0.1, 0.15) is 6.92 Å². The molecule has 24 valence electrons. The number of rotatable bonds is 0. The van der Waals surface area contributed by atoms with Crippen molar-refractivity contribution in [1.29, 1.82) is 0 Å². The normalized spacial score (nSPS) is 5.00. The number of carbonyl (C=O) groups is 1. The van der Waals surface area contributed by atoms with Crippen molar-refractivity contribution in [1.82, 2.24) is 0 Å². The summed E-state index contributed by atoms with van der Waals surface area (Å²) in [7, 11) is 0. The molecular formula is C2H4KNO. The summed E-state index contributed by atoms with van der Waals surface area (Å²) in [6.07, 6.45) is 0. The predicted octanol–water partition coefficient (Wildman–Crippen LogP) is -2.41. The van der Waals surface area contributed by atoms with Crippen LogP contribution in [0.15, 0.2) is 0 Å². The molecule has 0 unspecified atom stereocenters. The molecule has 0 aromatic heterocycles. The van der Waals surface area contributed by atoms with Gasteiger partial charge in [-0.15, -0.1) is 0 Å². The number of carbonyl (C=O) groups excluding carboxylic acids is 1. The van der Waals surface area contributed by atoms with Gasteiger partial charge in [-0.3, -0.25) is 0 Å². The molecule has 0 aliphatic heterocycles. The number of nitrogens with one attached hydrogen (secondary N) is 1. The molecule has 0 rings (SSSR count). The summed E-state index contributed by atoms with van der Waals surface area (Å²) in [6, 6.07) is 0. The predicted molar refractivity (Wildman–Crippen MR) is 15.0 cm³/mol. The second kappa shape index (κ2) is 5.11. The fourth-order valence-electron chi connectivity index (χ4n) is 0. The molecule has 0 atom stereocenters. The number of hydrogen-bond donors (Lipinski definition) is 0. The van der Waals surface area contributed by atoms with Crippen molar-refractivity contribution in [2.75, 3.05) is 0 Å². The van der Waals surface area contributed by atoms with Gasteiger partial charge in [0.25, 0.3) is 0 Å². The molecule has 0 fully saturated rings. The van der Waals surface area contributed by atoms with Crippen LogP contribution in [0.3, 0.4) is 0 Å². The zero-order chi connectivity index (χ0) is 3.58. The maximum atomic E-state index is 9.11. The van der Waals surface area contributed by atoms with Crippen molar-refractivity contribution in [2.24, 2.45) is 0 Å². The molecule has 0 aliphatic carbocycles. The van der Waals surface area contributed by atoms with Crippen molar-refractivity contribution in [2.45, 2.75) is 6.92 Å². The first kappa shape index (κ1) is 9.44. The van der Waals surface area contributed by atoms with Crippen molar-refractivity contribution in [3.63, 3.8) is 0 Å². The van der Waals surface area contributed by atoms with E-state index < -0.39 is 5.91 Å². The first-order valence-electron chi connectivity index (χ1n) is 0.954. The molecule has 2 nitrogen and oxygen atoms in total. The molecule has 0 aliphatic rings. The Balaban J connectivity index is 0. The van der Waals surface area contributed by atoms with E-state index in [2.05, 4.69) is 0 Å². The molecule has 1 amide bonds. The zero-order valence-corrected chi connectivity index (χ0v) is 6.53. The molecule has 0 aromatic rings. The minimum atomic E-state index is -0.583. The number of hydrogen-bond acceptors (Lipinski definition) is 1. The summed E-state index contributed by atoms with van der Waals surface area (Å²) in [5.74, 6) is -0.583. The van der Waals surface area contributed by atoms with Gasteiger partial charge in [0.1, 0.15) is 0 Å². The summed E-state index contributed by atoms with van der Waals surface area (Å²) in [4.78, 5) is 9.11. The maximum Gasteiger partial charge on any atom is 1.00 e. The van der Waals surface area contributed by atoms with Gasteiger partial charge in [-0.05, 0) is 6.92 Å². The maximum absolute atomic E-state index is 9.11. The molecule has 1 N–H and O–H groups in total. The molecule has 0 heterocycles. The molecular weight excluding hydrogens is 93.1 g/mol. The Morgan fingerprint density at radius 2 is 1.80 bits per heavy atom. The topological polar surface area (TPSA) is 40.9 Å². The third kappa shape index (κ3) is 40.3. The van der Waals surface area contributed by atoms with Crippen molar-refractivity contribution in [3.05, 3.63) is 5.73 Å². The van der Waals surface area contributed by atoms with Crippen LogP contribution in [0.2, 0.25) is 0 Å². The summed E-state index contributed by atoms with van der Waals surface area (Å²) >= 11 is 0. The van der Waals surface area contributed by atoms with E-state index >= 15 is 0 Å². The molecule has 0 bridgehead atoms. The van der Waals surface area contributed by atoms with Crippen LogP contribution >= 0.6 is 0 Å². The van der Waals surface area contributed by atoms with Crippen LogP contribution in [-0.2, 0) is 4.79 Å². The van der Waals surface area contributed by atoms with Gasteiger partial charge in [0, 0.05) is 5.91 Å². The zero-order valence-electron chi connectivity index (χ0n) is 3.41. The fourth-order valence-corrected chi connectivity index (χ4v) is 0. The van der Waals surface area contributed by atoms with Crippen LogP contribution in [0, 0.1) is 0 Å². The van der Waals surface area contributed by atoms with E-state index in [4.69, 9.17) is 10.5 Å². The van der Waals surface area contributed by atoms with Crippen LogP contribution < -0.4 is 51.4 Å². The van der Waals surface area contributed by atoms with Gasteiger partial charge in [0.2, 0.25) is 0 Å². The first-order valence-corrected chi connectivity index (χ1v) is 0.954. The Morgan fingerprint density at radius 3 is 1.80 bits per heavy atom. The molecule has 0 saturated heterocycles. The van der Waals surface area contributed by atoms with Gasteiger partial charge >= 0.3 is 51.4 Å². The third-order valence-corrected chi connectivity index (χ3v) is 0. The minimum absolute atomic E-state index is 0. The quantitative estimate of drug-likeness (QED) is 0.310. The van der Waals surface area contributed by atoms with Gasteiger partial charge in [0.05, 0.1) is 0 Å².